The van der Waals surface area contributed by atoms with Gasteiger partial charge in [-0.15, -0.1) is 0 Å². The second-order valence-corrected chi connectivity index (χ2v) is 5.88. The molecule has 1 aliphatic rings. The second kappa shape index (κ2) is 7.82. The summed E-state index contributed by atoms with van der Waals surface area (Å²) in [5, 5.41) is 10.2. The highest BCUT2D eigenvalue weighted by atomic mass is 16.5. The smallest absolute Gasteiger partial charge is 0.466 e. The van der Waals surface area contributed by atoms with E-state index in [0.29, 0.717) is 29.4 Å². The highest BCUT2D eigenvalue weighted by Crippen LogP contribution is 2.33. The van der Waals surface area contributed by atoms with Crippen molar-refractivity contribution < 1.29 is 23.9 Å². The number of nitrogens with zero attached hydrogens (tertiary/aromatic N) is 2. The molecular weight excluding hydrogens is 337 g/mol. The van der Waals surface area contributed by atoms with Gasteiger partial charge in [0, 0.05) is 12.7 Å². The van der Waals surface area contributed by atoms with Crippen molar-refractivity contribution in [1.82, 2.24) is 9.97 Å². The summed E-state index contributed by atoms with van der Waals surface area (Å²) in [7, 11) is -1.13. The lowest BCUT2D eigenvalue weighted by Gasteiger charge is -2.14. The largest absolute Gasteiger partial charge is 0.492 e. The van der Waals surface area contributed by atoms with E-state index in [1.54, 1.807) is 25.3 Å². The van der Waals surface area contributed by atoms with Crippen molar-refractivity contribution in [3.63, 3.8) is 0 Å². The fourth-order valence-corrected chi connectivity index (χ4v) is 2.97. The molecule has 0 amide bonds. The molecule has 1 atom stereocenters. The van der Waals surface area contributed by atoms with E-state index in [9.17, 15) is 9.82 Å². The molecule has 1 unspecified atom stereocenters. The number of rotatable bonds is 6. The number of esters is 1. The first-order valence-corrected chi connectivity index (χ1v) is 8.34. The van der Waals surface area contributed by atoms with Gasteiger partial charge in [0.25, 0.3) is 0 Å². The van der Waals surface area contributed by atoms with Crippen molar-refractivity contribution in [3.8, 4) is 11.6 Å². The van der Waals surface area contributed by atoms with Gasteiger partial charge in [0.1, 0.15) is 5.75 Å². The van der Waals surface area contributed by atoms with Gasteiger partial charge in [-0.25, -0.2) is 4.98 Å². The SMILES string of the molecule is CCOC(=O)CC1OB(O)c2cc(Oc3cncc(CN)n3)cc(C)c21. The molecule has 0 fully saturated rings. The van der Waals surface area contributed by atoms with Gasteiger partial charge in [0.05, 0.1) is 31.0 Å². The van der Waals surface area contributed by atoms with Gasteiger partial charge in [-0.1, -0.05) is 0 Å². The zero-order valence-corrected chi connectivity index (χ0v) is 14.6. The molecule has 2 heterocycles. The molecule has 1 aromatic carbocycles. The number of nitrogens with two attached hydrogens (primary N) is 1. The van der Waals surface area contributed by atoms with Crippen molar-refractivity contribution in [2.75, 3.05) is 6.61 Å². The summed E-state index contributed by atoms with van der Waals surface area (Å²) in [6.07, 6.45) is 2.55. The number of ether oxygens (including phenoxy) is 2. The van der Waals surface area contributed by atoms with Gasteiger partial charge in [-0.05, 0) is 42.6 Å². The van der Waals surface area contributed by atoms with Crippen molar-refractivity contribution >= 4 is 18.6 Å². The lowest BCUT2D eigenvalue weighted by atomic mass is 9.77. The van der Waals surface area contributed by atoms with E-state index in [4.69, 9.17) is 19.9 Å². The standard InChI is InChI=1S/C17H20BN3O5/c1-3-24-16(22)6-14-17-10(2)4-12(5-13(17)18(23)26-14)25-15-9-20-8-11(7-19)21-15/h4-5,8-9,14,23H,3,6-7,19H2,1-2H3. The molecule has 8 nitrogen and oxygen atoms in total. The number of carbonyl (C=O) groups excluding carboxylic acids is 1. The summed E-state index contributed by atoms with van der Waals surface area (Å²) < 4.78 is 16.2. The number of hydrogen-bond donors (Lipinski definition) is 2. The molecule has 0 aliphatic carbocycles. The van der Waals surface area contributed by atoms with Crippen LogP contribution in [0.3, 0.4) is 0 Å². The molecule has 0 saturated carbocycles. The molecule has 2 aromatic rings. The maximum atomic E-state index is 11.8. The number of benzene rings is 1. The minimum atomic E-state index is -1.13. The monoisotopic (exact) mass is 357 g/mol. The van der Waals surface area contributed by atoms with Gasteiger partial charge in [0.2, 0.25) is 5.88 Å². The van der Waals surface area contributed by atoms with Crippen LogP contribution in [0.25, 0.3) is 0 Å². The van der Waals surface area contributed by atoms with Crippen molar-refractivity contribution in [3.05, 3.63) is 41.3 Å². The number of aryl methyl sites for hydroxylation is 1. The maximum absolute atomic E-state index is 11.8. The molecule has 0 radical (unpaired) electrons. The first-order valence-electron chi connectivity index (χ1n) is 8.34. The van der Waals surface area contributed by atoms with Crippen LogP contribution in [-0.4, -0.2) is 34.7 Å². The molecule has 1 aliphatic heterocycles. The Morgan fingerprint density at radius 2 is 2.23 bits per heavy atom. The predicted molar refractivity (Wildman–Crippen MR) is 93.9 cm³/mol. The third-order valence-corrected chi connectivity index (χ3v) is 4.02. The molecule has 3 rings (SSSR count). The molecule has 3 N–H and O–H groups in total. The van der Waals surface area contributed by atoms with Gasteiger partial charge >= 0.3 is 13.1 Å². The van der Waals surface area contributed by atoms with Crippen LogP contribution in [0.2, 0.25) is 0 Å². The molecule has 0 saturated heterocycles. The Morgan fingerprint density at radius 3 is 2.96 bits per heavy atom. The van der Waals surface area contributed by atoms with Gasteiger partial charge in [-0.2, -0.15) is 0 Å². The Morgan fingerprint density at radius 1 is 1.42 bits per heavy atom. The second-order valence-electron chi connectivity index (χ2n) is 5.88. The summed E-state index contributed by atoms with van der Waals surface area (Å²) in [4.78, 5) is 20.0. The van der Waals surface area contributed by atoms with Crippen LogP contribution in [-0.2, 0) is 20.7 Å². The number of hydrogen-bond acceptors (Lipinski definition) is 8. The fraction of sp³-hybridized carbons (Fsp3) is 0.353. The lowest BCUT2D eigenvalue weighted by molar-refractivity contribution is -0.145. The molecule has 1 aromatic heterocycles. The number of fused-ring (bicyclic) bond motifs is 1. The zero-order chi connectivity index (χ0) is 18.7. The Hall–Kier alpha value is -2.49. The first-order chi connectivity index (χ1) is 12.5. The van der Waals surface area contributed by atoms with E-state index in [2.05, 4.69) is 9.97 Å². The summed E-state index contributed by atoms with van der Waals surface area (Å²) in [5.41, 5.74) is 8.35. The first kappa shape index (κ1) is 18.3. The van der Waals surface area contributed by atoms with Gasteiger partial charge < -0.3 is 24.9 Å². The average Bonchev–Trinajstić information content (AvgIpc) is 2.91. The maximum Gasteiger partial charge on any atom is 0.492 e. The molecular formula is C17H20BN3O5. The van der Waals surface area contributed by atoms with E-state index < -0.39 is 13.2 Å². The van der Waals surface area contributed by atoms with Crippen LogP contribution in [0.15, 0.2) is 24.5 Å². The molecule has 26 heavy (non-hydrogen) atoms. The molecule has 9 heteroatoms. The van der Waals surface area contributed by atoms with Crippen LogP contribution in [0.5, 0.6) is 11.6 Å². The minimum absolute atomic E-state index is 0.0446. The third-order valence-electron chi connectivity index (χ3n) is 4.02. The van der Waals surface area contributed by atoms with E-state index in [1.807, 2.05) is 6.92 Å². The summed E-state index contributed by atoms with van der Waals surface area (Å²) in [6.45, 7) is 4.17. The summed E-state index contributed by atoms with van der Waals surface area (Å²) in [6, 6.07) is 3.48. The van der Waals surface area contributed by atoms with E-state index in [0.717, 1.165) is 11.1 Å². The van der Waals surface area contributed by atoms with Crippen LogP contribution in [0, 0.1) is 6.92 Å². The number of carbonyl (C=O) groups is 1. The van der Waals surface area contributed by atoms with Crippen LogP contribution >= 0.6 is 0 Å². The molecule has 136 valence electrons. The number of aromatic nitrogens is 2. The van der Waals surface area contributed by atoms with Gasteiger partial charge in [0.15, 0.2) is 0 Å². The summed E-state index contributed by atoms with van der Waals surface area (Å²) in [5.74, 6) is 0.430. The van der Waals surface area contributed by atoms with Gasteiger partial charge in [-0.3, -0.25) is 9.78 Å². The molecule has 0 bridgehead atoms. The Balaban J connectivity index is 1.85. The summed E-state index contributed by atoms with van der Waals surface area (Å²) >= 11 is 0. The van der Waals surface area contributed by atoms with Crippen LogP contribution in [0.4, 0.5) is 0 Å². The Kier molecular flexibility index (Phi) is 5.50. The third kappa shape index (κ3) is 3.85. The zero-order valence-electron chi connectivity index (χ0n) is 14.6. The highest BCUT2D eigenvalue weighted by Gasteiger charge is 2.38. The van der Waals surface area contributed by atoms with E-state index in [1.165, 1.54) is 6.20 Å². The topological polar surface area (TPSA) is 117 Å². The average molecular weight is 357 g/mol. The van der Waals surface area contributed by atoms with Crippen LogP contribution in [0.1, 0.15) is 36.3 Å². The normalized spacial score (nSPS) is 15.7. The van der Waals surface area contributed by atoms with E-state index >= 15 is 0 Å². The Bertz CT molecular complexity index is 817. The molecule has 0 spiro atoms. The van der Waals surface area contributed by atoms with Crippen molar-refractivity contribution in [2.45, 2.75) is 32.9 Å². The highest BCUT2D eigenvalue weighted by molar-refractivity contribution is 6.62. The quantitative estimate of drug-likeness (QED) is 0.575. The lowest BCUT2D eigenvalue weighted by Crippen LogP contribution is -2.28. The predicted octanol–water partition coefficient (Wildman–Crippen LogP) is 0.748. The van der Waals surface area contributed by atoms with Crippen molar-refractivity contribution in [1.29, 1.82) is 0 Å². The fourth-order valence-electron chi connectivity index (χ4n) is 2.97. The Labute approximate surface area is 151 Å². The van der Waals surface area contributed by atoms with E-state index in [-0.39, 0.29) is 18.9 Å². The van der Waals surface area contributed by atoms with Crippen LogP contribution < -0.4 is 15.9 Å². The van der Waals surface area contributed by atoms with Crippen molar-refractivity contribution in [2.24, 2.45) is 5.73 Å². The minimum Gasteiger partial charge on any atom is -0.466 e.